The molecule has 3 heterocycles. The van der Waals surface area contributed by atoms with E-state index in [4.69, 9.17) is 4.74 Å². The van der Waals surface area contributed by atoms with Crippen molar-refractivity contribution < 1.29 is 27.8 Å². The van der Waals surface area contributed by atoms with Crippen molar-refractivity contribution in [3.05, 3.63) is 42.5 Å². The summed E-state index contributed by atoms with van der Waals surface area (Å²) in [5.74, 6) is 0.225. The number of hydrogen-bond donors (Lipinski definition) is 2. The van der Waals surface area contributed by atoms with Crippen LogP contribution in [0.2, 0.25) is 0 Å². The number of aliphatic hydroxyl groups is 1. The Labute approximate surface area is 163 Å². The van der Waals surface area contributed by atoms with Crippen molar-refractivity contribution in [2.24, 2.45) is 0 Å². The average molecular weight is 409 g/mol. The van der Waals surface area contributed by atoms with E-state index in [9.17, 15) is 18.3 Å². The molecule has 0 aliphatic carbocycles. The van der Waals surface area contributed by atoms with Crippen molar-refractivity contribution in [3.8, 4) is 5.75 Å². The lowest BCUT2D eigenvalue weighted by molar-refractivity contribution is -0.274. The molecule has 0 saturated carbocycles. The number of aliphatic hydroxyl groups excluding tert-OH is 1. The highest BCUT2D eigenvalue weighted by molar-refractivity contribution is 5.82. The minimum atomic E-state index is -4.72. The summed E-state index contributed by atoms with van der Waals surface area (Å²) in [5, 5.41) is 12.4. The first-order valence-electron chi connectivity index (χ1n) is 8.95. The average Bonchev–Trinajstić information content (AvgIpc) is 3.33. The zero-order valence-corrected chi connectivity index (χ0v) is 15.1. The predicted molar refractivity (Wildman–Crippen MR) is 96.0 cm³/mol. The van der Waals surface area contributed by atoms with Gasteiger partial charge in [0.25, 0.3) is 0 Å². The first kappa shape index (κ1) is 19.4. The quantitative estimate of drug-likeness (QED) is 0.646. The number of fused-ring (bicyclic) bond motifs is 1. The lowest BCUT2D eigenvalue weighted by Crippen LogP contribution is -2.17. The molecule has 1 aliphatic heterocycles. The standard InChI is InChI=1S/C18H18F3N5O3/c19-18(20,21)29-12-3-1-11(2-4-12)7-22-16-15-17(24-9-23-16)26(10-25-15)14-6-5-13(8-27)28-14/h1-4,9-10,13-14,27H,5-8H2,(H,22,23,24)/t13-,14+/m0/s1. The molecule has 154 valence electrons. The Morgan fingerprint density at radius 3 is 2.66 bits per heavy atom. The van der Waals surface area contributed by atoms with Gasteiger partial charge in [-0.3, -0.25) is 4.57 Å². The molecule has 2 atom stereocenters. The number of rotatable bonds is 6. The predicted octanol–water partition coefficient (Wildman–Crippen LogP) is 3.01. The maximum Gasteiger partial charge on any atom is 0.573 e. The summed E-state index contributed by atoms with van der Waals surface area (Å²) < 4.78 is 48.2. The van der Waals surface area contributed by atoms with Gasteiger partial charge in [0, 0.05) is 6.54 Å². The maximum atomic E-state index is 12.2. The molecule has 29 heavy (non-hydrogen) atoms. The zero-order valence-electron chi connectivity index (χ0n) is 15.1. The van der Waals surface area contributed by atoms with E-state index in [1.807, 2.05) is 0 Å². The van der Waals surface area contributed by atoms with E-state index >= 15 is 0 Å². The molecule has 2 N–H and O–H groups in total. The second-order valence-electron chi connectivity index (χ2n) is 6.56. The lowest BCUT2D eigenvalue weighted by Gasteiger charge is -2.14. The largest absolute Gasteiger partial charge is 0.573 e. The Morgan fingerprint density at radius 1 is 1.17 bits per heavy atom. The van der Waals surface area contributed by atoms with Crippen molar-refractivity contribution in [1.29, 1.82) is 0 Å². The number of nitrogens with zero attached hydrogens (tertiary/aromatic N) is 4. The number of anilines is 1. The van der Waals surface area contributed by atoms with Crippen LogP contribution in [0.15, 0.2) is 36.9 Å². The monoisotopic (exact) mass is 409 g/mol. The molecule has 1 fully saturated rings. The van der Waals surface area contributed by atoms with Crippen LogP contribution < -0.4 is 10.1 Å². The molecule has 3 aromatic rings. The van der Waals surface area contributed by atoms with Gasteiger partial charge in [-0.15, -0.1) is 13.2 Å². The Morgan fingerprint density at radius 2 is 1.97 bits per heavy atom. The van der Waals surface area contributed by atoms with Crippen molar-refractivity contribution in [2.75, 3.05) is 11.9 Å². The molecule has 11 heteroatoms. The normalized spacial score (nSPS) is 19.6. The molecule has 0 unspecified atom stereocenters. The van der Waals surface area contributed by atoms with Gasteiger partial charge in [-0.25, -0.2) is 15.0 Å². The molecule has 8 nitrogen and oxygen atoms in total. The van der Waals surface area contributed by atoms with E-state index < -0.39 is 6.36 Å². The third-order valence-electron chi connectivity index (χ3n) is 4.57. The molecule has 4 rings (SSSR count). The van der Waals surface area contributed by atoms with Gasteiger partial charge in [0.05, 0.1) is 19.0 Å². The van der Waals surface area contributed by atoms with E-state index in [0.717, 1.165) is 18.4 Å². The highest BCUT2D eigenvalue weighted by Crippen LogP contribution is 2.31. The number of aromatic nitrogens is 4. The smallest absolute Gasteiger partial charge is 0.406 e. The topological polar surface area (TPSA) is 94.3 Å². The summed E-state index contributed by atoms with van der Waals surface area (Å²) in [6.07, 6.45) is -0.631. The van der Waals surface area contributed by atoms with Crippen LogP contribution in [-0.4, -0.2) is 43.7 Å². The second kappa shape index (κ2) is 7.84. The van der Waals surface area contributed by atoms with Crippen LogP contribution in [-0.2, 0) is 11.3 Å². The summed E-state index contributed by atoms with van der Waals surface area (Å²) in [4.78, 5) is 12.9. The first-order valence-corrected chi connectivity index (χ1v) is 8.95. The molecule has 1 aromatic carbocycles. The van der Waals surface area contributed by atoms with Crippen LogP contribution in [0.4, 0.5) is 19.0 Å². The number of nitrogens with one attached hydrogen (secondary N) is 1. The van der Waals surface area contributed by atoms with E-state index in [2.05, 4.69) is 25.0 Å². The van der Waals surface area contributed by atoms with E-state index in [0.29, 0.717) is 23.5 Å². The number of alkyl halides is 3. The van der Waals surface area contributed by atoms with E-state index in [-0.39, 0.29) is 24.7 Å². The molecular formula is C18H18F3N5O3. The maximum absolute atomic E-state index is 12.2. The molecule has 0 radical (unpaired) electrons. The van der Waals surface area contributed by atoms with Crippen LogP contribution in [0.25, 0.3) is 11.2 Å². The van der Waals surface area contributed by atoms with Gasteiger partial charge < -0.3 is 19.9 Å². The van der Waals surface area contributed by atoms with Crippen LogP contribution in [0.1, 0.15) is 24.6 Å². The van der Waals surface area contributed by atoms with Gasteiger partial charge in [-0.1, -0.05) is 12.1 Å². The lowest BCUT2D eigenvalue weighted by atomic mass is 10.2. The van der Waals surface area contributed by atoms with E-state index in [1.165, 1.54) is 30.6 Å². The molecule has 2 aromatic heterocycles. The number of benzene rings is 1. The van der Waals surface area contributed by atoms with Crippen molar-refractivity contribution in [3.63, 3.8) is 0 Å². The minimum Gasteiger partial charge on any atom is -0.406 e. The number of hydrogen-bond acceptors (Lipinski definition) is 7. The van der Waals surface area contributed by atoms with Crippen LogP contribution in [0.5, 0.6) is 5.75 Å². The number of halogens is 3. The highest BCUT2D eigenvalue weighted by Gasteiger charge is 2.31. The second-order valence-corrected chi connectivity index (χ2v) is 6.56. The Balaban J connectivity index is 1.46. The van der Waals surface area contributed by atoms with Gasteiger partial charge in [0.15, 0.2) is 17.0 Å². The molecule has 1 aliphatic rings. The number of imidazole rings is 1. The summed E-state index contributed by atoms with van der Waals surface area (Å²) in [7, 11) is 0. The third kappa shape index (κ3) is 4.40. The zero-order chi connectivity index (χ0) is 20.4. The van der Waals surface area contributed by atoms with E-state index in [1.54, 1.807) is 10.9 Å². The Hall–Kier alpha value is -2.92. The SMILES string of the molecule is OC[C@@H]1CC[C@H](n2cnc3c(NCc4ccc(OC(F)(F)F)cc4)ncnc32)O1. The molecule has 1 saturated heterocycles. The first-order chi connectivity index (χ1) is 13.9. The molecule has 0 bridgehead atoms. The van der Waals surface area contributed by atoms with Crippen LogP contribution in [0, 0.1) is 0 Å². The number of ether oxygens (including phenoxy) is 2. The van der Waals surface area contributed by atoms with Gasteiger partial charge in [0.1, 0.15) is 18.3 Å². The van der Waals surface area contributed by atoms with Gasteiger partial charge >= 0.3 is 6.36 Å². The molecular weight excluding hydrogens is 391 g/mol. The van der Waals surface area contributed by atoms with Gasteiger partial charge in [0.2, 0.25) is 0 Å². The van der Waals surface area contributed by atoms with Gasteiger partial charge in [-0.05, 0) is 30.5 Å². The molecule has 0 amide bonds. The van der Waals surface area contributed by atoms with Crippen molar-refractivity contribution in [1.82, 2.24) is 19.5 Å². The summed E-state index contributed by atoms with van der Waals surface area (Å²) >= 11 is 0. The minimum absolute atomic E-state index is 0.0300. The molecule has 0 spiro atoms. The van der Waals surface area contributed by atoms with Crippen molar-refractivity contribution in [2.45, 2.75) is 38.1 Å². The summed E-state index contributed by atoms with van der Waals surface area (Å²) in [5.41, 5.74) is 1.90. The van der Waals surface area contributed by atoms with Crippen LogP contribution in [0.3, 0.4) is 0 Å². The highest BCUT2D eigenvalue weighted by atomic mass is 19.4. The fourth-order valence-corrected chi connectivity index (χ4v) is 3.21. The van der Waals surface area contributed by atoms with Gasteiger partial charge in [-0.2, -0.15) is 0 Å². The third-order valence-corrected chi connectivity index (χ3v) is 4.57. The van der Waals surface area contributed by atoms with Crippen LogP contribution >= 0.6 is 0 Å². The fourth-order valence-electron chi connectivity index (χ4n) is 3.21. The summed E-state index contributed by atoms with van der Waals surface area (Å²) in [6.45, 7) is 0.301. The summed E-state index contributed by atoms with van der Waals surface area (Å²) in [6, 6.07) is 5.58. The van der Waals surface area contributed by atoms with Crippen molar-refractivity contribution >= 4 is 17.0 Å². The Kier molecular flexibility index (Phi) is 5.24. The Bertz CT molecular complexity index is 977. The fraction of sp³-hybridized carbons (Fsp3) is 0.389.